The minimum absolute atomic E-state index is 1.10. The van der Waals surface area contributed by atoms with E-state index in [9.17, 15) is 0 Å². The van der Waals surface area contributed by atoms with Gasteiger partial charge in [0.1, 0.15) is 0 Å². The monoisotopic (exact) mass is 794 g/mol. The van der Waals surface area contributed by atoms with Crippen molar-refractivity contribution in [3.63, 3.8) is 0 Å². The normalized spacial score (nSPS) is 11.6. The molecule has 0 N–H and O–H groups in total. The number of rotatable bonds is 7. The Morgan fingerprint density at radius 2 is 0.918 bits per heavy atom. The summed E-state index contributed by atoms with van der Waals surface area (Å²) in [5, 5.41) is 7.65. The van der Waals surface area contributed by atoms with Gasteiger partial charge in [0.25, 0.3) is 0 Å². The van der Waals surface area contributed by atoms with E-state index in [4.69, 9.17) is 0 Å². The van der Waals surface area contributed by atoms with Crippen LogP contribution in [-0.2, 0) is 0 Å². The van der Waals surface area contributed by atoms with Crippen molar-refractivity contribution in [3.05, 3.63) is 231 Å². The Labute approximate surface area is 358 Å². The molecule has 0 fully saturated rings. The minimum Gasteiger partial charge on any atom is -0.310 e. The van der Waals surface area contributed by atoms with Crippen LogP contribution in [-0.4, -0.2) is 4.57 Å². The van der Waals surface area contributed by atoms with Gasteiger partial charge in [0.05, 0.1) is 21.4 Å². The molecule has 0 saturated carbocycles. The molecule has 61 heavy (non-hydrogen) atoms. The Bertz CT molecular complexity index is 3570. The second-order valence-corrected chi connectivity index (χ2v) is 16.7. The number of thiophene rings is 1. The van der Waals surface area contributed by atoms with E-state index < -0.39 is 0 Å². The summed E-state index contributed by atoms with van der Waals surface area (Å²) in [4.78, 5) is 2.36. The lowest BCUT2D eigenvalue weighted by Gasteiger charge is -2.26. The fourth-order valence-electron chi connectivity index (χ4n) is 9.39. The molecule has 0 amide bonds. The van der Waals surface area contributed by atoms with E-state index in [1.807, 2.05) is 11.3 Å². The highest BCUT2D eigenvalue weighted by Crippen LogP contribution is 2.44. The Kier molecular flexibility index (Phi) is 8.39. The molecule has 0 aliphatic rings. The van der Waals surface area contributed by atoms with Crippen molar-refractivity contribution >= 4 is 81.1 Å². The van der Waals surface area contributed by atoms with Crippen LogP contribution in [0, 0.1) is 0 Å². The molecular formula is C58H38N2S. The summed E-state index contributed by atoms with van der Waals surface area (Å²) in [6, 6.07) is 84.0. The second kappa shape index (κ2) is 14.5. The molecule has 0 spiro atoms. The summed E-state index contributed by atoms with van der Waals surface area (Å²) in [5.41, 5.74) is 14.2. The van der Waals surface area contributed by atoms with Crippen molar-refractivity contribution in [2.45, 2.75) is 0 Å². The van der Waals surface area contributed by atoms with Crippen molar-refractivity contribution < 1.29 is 0 Å². The third-order valence-corrected chi connectivity index (χ3v) is 13.4. The largest absolute Gasteiger partial charge is 0.310 e. The molecule has 0 radical (unpaired) electrons. The predicted molar refractivity (Wildman–Crippen MR) is 262 cm³/mol. The van der Waals surface area contributed by atoms with Crippen LogP contribution < -0.4 is 4.90 Å². The van der Waals surface area contributed by atoms with Crippen LogP contribution in [0.2, 0.25) is 0 Å². The zero-order valence-electron chi connectivity index (χ0n) is 33.2. The average Bonchev–Trinajstić information content (AvgIpc) is 3.89. The number of anilines is 3. The maximum absolute atomic E-state index is 2.48. The lowest BCUT2D eigenvalue weighted by atomic mass is 9.96. The fourth-order valence-corrected chi connectivity index (χ4v) is 10.6. The Balaban J connectivity index is 0.943. The first-order chi connectivity index (χ1) is 30.3. The van der Waals surface area contributed by atoms with E-state index in [0.717, 1.165) is 17.1 Å². The van der Waals surface area contributed by atoms with Crippen LogP contribution in [0.4, 0.5) is 17.1 Å². The molecule has 2 heterocycles. The molecule has 0 atom stereocenters. The molecule has 12 rings (SSSR count). The molecule has 10 aromatic carbocycles. The van der Waals surface area contributed by atoms with Crippen molar-refractivity contribution in [2.75, 3.05) is 4.90 Å². The summed E-state index contributed by atoms with van der Waals surface area (Å²) in [6.45, 7) is 0. The van der Waals surface area contributed by atoms with Gasteiger partial charge in [-0.25, -0.2) is 0 Å². The Hall–Kier alpha value is -7.72. The van der Waals surface area contributed by atoms with Crippen molar-refractivity contribution in [1.29, 1.82) is 0 Å². The zero-order valence-corrected chi connectivity index (χ0v) is 34.1. The van der Waals surface area contributed by atoms with Gasteiger partial charge in [-0.2, -0.15) is 0 Å². The summed E-state index contributed by atoms with van der Waals surface area (Å²) in [5.74, 6) is 0. The zero-order chi connectivity index (χ0) is 40.3. The number of para-hydroxylation sites is 2. The van der Waals surface area contributed by atoms with Gasteiger partial charge >= 0.3 is 0 Å². The topological polar surface area (TPSA) is 8.17 Å². The van der Waals surface area contributed by atoms with Gasteiger partial charge in [-0.3, -0.25) is 0 Å². The lowest BCUT2D eigenvalue weighted by Crippen LogP contribution is -2.09. The predicted octanol–water partition coefficient (Wildman–Crippen LogP) is 16.8. The van der Waals surface area contributed by atoms with E-state index in [0.29, 0.717) is 0 Å². The Morgan fingerprint density at radius 3 is 1.77 bits per heavy atom. The highest BCUT2D eigenvalue weighted by Gasteiger charge is 2.20. The quantitative estimate of drug-likeness (QED) is 0.156. The fraction of sp³-hybridized carbons (Fsp3) is 0. The third-order valence-electron chi connectivity index (χ3n) is 12.2. The first-order valence-corrected chi connectivity index (χ1v) is 21.7. The molecular weight excluding hydrogens is 757 g/mol. The standard InChI is InChI=1S/C58H38N2S/c1-2-17-44(18-3-1)59(45-36-34-40(35-37-45)39-30-32-42(33-31-39)48-23-11-15-41-14-4-5-20-47(41)48)46-19-10-16-43(38-46)49-24-12-27-54-57(49)52-22-6-8-26-53(52)60(54)55-28-13-25-51-50-21-7-9-29-56(50)61-58(51)55/h1-38H. The van der Waals surface area contributed by atoms with Crippen molar-refractivity contribution in [1.82, 2.24) is 4.57 Å². The van der Waals surface area contributed by atoms with E-state index in [1.54, 1.807) is 0 Å². The van der Waals surface area contributed by atoms with Crippen LogP contribution in [0.25, 0.3) is 91.8 Å². The maximum Gasteiger partial charge on any atom is 0.0640 e. The van der Waals surface area contributed by atoms with Gasteiger partial charge in [-0.05, 0) is 105 Å². The highest BCUT2D eigenvalue weighted by atomic mass is 32.1. The third kappa shape index (κ3) is 5.93. The van der Waals surface area contributed by atoms with Crippen molar-refractivity contribution in [2.24, 2.45) is 0 Å². The molecule has 3 heteroatoms. The number of hydrogen-bond acceptors (Lipinski definition) is 2. The molecule has 0 unspecified atom stereocenters. The molecule has 0 aliphatic heterocycles. The number of hydrogen-bond donors (Lipinski definition) is 0. The van der Waals surface area contributed by atoms with Crippen LogP contribution in [0.1, 0.15) is 0 Å². The average molecular weight is 795 g/mol. The summed E-state index contributed by atoms with van der Waals surface area (Å²) in [7, 11) is 0. The summed E-state index contributed by atoms with van der Waals surface area (Å²) >= 11 is 1.88. The maximum atomic E-state index is 2.48. The van der Waals surface area contributed by atoms with Crippen LogP contribution in [0.15, 0.2) is 231 Å². The minimum atomic E-state index is 1.10. The SMILES string of the molecule is c1ccc(N(c2ccc(-c3ccc(-c4cccc5ccccc45)cc3)cc2)c2cccc(-c3cccc4c3c3ccccc3n4-c3cccc4c3sc3ccccc34)c2)cc1. The second-order valence-electron chi connectivity index (χ2n) is 15.7. The number of nitrogens with zero attached hydrogens (tertiary/aromatic N) is 2. The number of fused-ring (bicyclic) bond motifs is 7. The first kappa shape index (κ1) is 35.2. The van der Waals surface area contributed by atoms with Crippen LogP contribution >= 0.6 is 11.3 Å². The van der Waals surface area contributed by atoms with Crippen molar-refractivity contribution in [3.8, 4) is 39.1 Å². The van der Waals surface area contributed by atoms with Gasteiger partial charge in [-0.1, -0.05) is 170 Å². The van der Waals surface area contributed by atoms with E-state index in [2.05, 4.69) is 240 Å². The van der Waals surface area contributed by atoms with Crippen LogP contribution in [0.3, 0.4) is 0 Å². The van der Waals surface area contributed by atoms with Crippen LogP contribution in [0.5, 0.6) is 0 Å². The molecule has 0 saturated heterocycles. The lowest BCUT2D eigenvalue weighted by molar-refractivity contribution is 1.20. The van der Waals surface area contributed by atoms with Gasteiger partial charge < -0.3 is 9.47 Å². The summed E-state index contributed by atoms with van der Waals surface area (Å²) in [6.07, 6.45) is 0. The van der Waals surface area contributed by atoms with E-state index in [1.165, 1.54) is 91.8 Å². The van der Waals surface area contributed by atoms with Gasteiger partial charge in [0.2, 0.25) is 0 Å². The van der Waals surface area contributed by atoms with Gasteiger partial charge in [0, 0.05) is 43.3 Å². The van der Waals surface area contributed by atoms with Gasteiger partial charge in [0.15, 0.2) is 0 Å². The molecule has 286 valence electrons. The molecule has 2 aromatic heterocycles. The summed E-state index contributed by atoms with van der Waals surface area (Å²) < 4.78 is 5.10. The first-order valence-electron chi connectivity index (χ1n) is 20.8. The molecule has 0 bridgehead atoms. The number of benzene rings is 10. The smallest absolute Gasteiger partial charge is 0.0640 e. The molecule has 12 aromatic rings. The highest BCUT2D eigenvalue weighted by molar-refractivity contribution is 7.26. The van der Waals surface area contributed by atoms with Gasteiger partial charge in [-0.15, -0.1) is 11.3 Å². The Morgan fingerprint density at radius 1 is 0.344 bits per heavy atom. The van der Waals surface area contributed by atoms with E-state index in [-0.39, 0.29) is 0 Å². The van der Waals surface area contributed by atoms with E-state index >= 15 is 0 Å². The number of aromatic nitrogens is 1. The molecule has 2 nitrogen and oxygen atoms in total. The molecule has 0 aliphatic carbocycles.